The number of hydrogen-bond donors (Lipinski definition) is 2. The van der Waals surface area contributed by atoms with Crippen LogP contribution in [0.5, 0.6) is 0 Å². The van der Waals surface area contributed by atoms with Crippen LogP contribution >= 0.6 is 12.2 Å². The molecule has 5 nitrogen and oxygen atoms in total. The van der Waals surface area contributed by atoms with Gasteiger partial charge in [-0.25, -0.2) is 4.79 Å². The molecule has 0 saturated heterocycles. The highest BCUT2D eigenvalue weighted by molar-refractivity contribution is 7.80. The average Bonchev–Trinajstić information content (AvgIpc) is 2.29. The van der Waals surface area contributed by atoms with Gasteiger partial charge in [-0.3, -0.25) is 4.98 Å². The number of carbonyl (C=O) groups excluding carboxylic acids is 1. The van der Waals surface area contributed by atoms with Crippen LogP contribution in [0.15, 0.2) is 18.5 Å². The summed E-state index contributed by atoms with van der Waals surface area (Å²) in [5.74, 6) is -0.328. The number of nitrogens with two attached hydrogens (primary N) is 1. The minimum atomic E-state index is -0.479. The van der Waals surface area contributed by atoms with Gasteiger partial charge >= 0.3 is 5.97 Å². The molecule has 1 atom stereocenters. The molecule has 1 unspecified atom stereocenters. The van der Waals surface area contributed by atoms with Crippen LogP contribution in [0.3, 0.4) is 0 Å². The summed E-state index contributed by atoms with van der Waals surface area (Å²) < 4.78 is 4.89. The maximum absolute atomic E-state index is 11.5. The number of esters is 1. The molecule has 0 aliphatic rings. The molecule has 1 aromatic heterocycles. The van der Waals surface area contributed by atoms with Crippen molar-refractivity contribution >= 4 is 28.9 Å². The summed E-state index contributed by atoms with van der Waals surface area (Å²) in [4.78, 5) is 15.7. The highest BCUT2D eigenvalue weighted by Gasteiger charge is 2.15. The summed E-state index contributed by atoms with van der Waals surface area (Å²) in [6.45, 7) is 3.81. The number of hydrogen-bond acceptors (Lipinski definition) is 5. The molecule has 6 heteroatoms. The molecule has 0 bridgehead atoms. The van der Waals surface area contributed by atoms with Gasteiger partial charge in [0, 0.05) is 11.8 Å². The first-order valence-electron chi connectivity index (χ1n) is 5.23. The van der Waals surface area contributed by atoms with Crippen molar-refractivity contribution in [2.24, 2.45) is 5.73 Å². The third kappa shape index (κ3) is 3.67. The van der Waals surface area contributed by atoms with Crippen LogP contribution in [-0.2, 0) is 9.53 Å². The molecule has 0 radical (unpaired) electrons. The zero-order valence-corrected chi connectivity index (χ0v) is 10.6. The second-order valence-corrected chi connectivity index (χ2v) is 3.84. The molecule has 17 heavy (non-hydrogen) atoms. The van der Waals surface area contributed by atoms with Crippen LogP contribution in [0.25, 0.3) is 0 Å². The van der Waals surface area contributed by atoms with Gasteiger partial charge in [-0.1, -0.05) is 12.2 Å². The fraction of sp³-hybridized carbons (Fsp3) is 0.364. The van der Waals surface area contributed by atoms with Crippen LogP contribution < -0.4 is 11.1 Å². The number of ether oxygens (including phenoxy) is 1. The third-order valence-electron chi connectivity index (χ3n) is 2.10. The lowest BCUT2D eigenvalue weighted by Crippen LogP contribution is -2.29. The largest absolute Gasteiger partial charge is 0.464 e. The quantitative estimate of drug-likeness (QED) is 0.604. The van der Waals surface area contributed by atoms with Gasteiger partial charge in [0.25, 0.3) is 0 Å². The normalized spacial score (nSPS) is 11.6. The molecule has 0 spiro atoms. The topological polar surface area (TPSA) is 77.2 Å². The van der Waals surface area contributed by atoms with E-state index in [-0.39, 0.29) is 11.0 Å². The van der Waals surface area contributed by atoms with Crippen LogP contribution in [0, 0.1) is 0 Å². The molecule has 0 aliphatic heterocycles. The van der Waals surface area contributed by atoms with Crippen molar-refractivity contribution in [3.63, 3.8) is 0 Å². The van der Waals surface area contributed by atoms with Crippen LogP contribution in [0.4, 0.5) is 5.69 Å². The van der Waals surface area contributed by atoms with Crippen molar-refractivity contribution in [3.8, 4) is 0 Å². The Morgan fingerprint density at radius 2 is 2.41 bits per heavy atom. The summed E-state index contributed by atoms with van der Waals surface area (Å²) in [6, 6.07) is 1.22. The van der Waals surface area contributed by atoms with Crippen molar-refractivity contribution in [1.82, 2.24) is 4.98 Å². The Kier molecular flexibility index (Phi) is 4.84. The molecule has 3 N–H and O–H groups in total. The van der Waals surface area contributed by atoms with E-state index in [2.05, 4.69) is 10.3 Å². The molecule has 0 aliphatic carbocycles. The van der Waals surface area contributed by atoms with Crippen LogP contribution in [0.1, 0.15) is 19.4 Å². The fourth-order valence-corrected chi connectivity index (χ4v) is 1.46. The van der Waals surface area contributed by atoms with E-state index in [0.717, 1.165) is 0 Å². The molecule has 1 rings (SSSR count). The molecule has 0 amide bonds. The standard InChI is InChI=1S/C11H15N3O2S/c1-3-16-11(15)7(2)14-9-6-13-5-4-8(9)10(12)17/h4-7,14H,3H2,1-2H3,(H2,12,17). The molecular formula is C11H15N3O2S. The summed E-state index contributed by atoms with van der Waals surface area (Å²) in [5, 5.41) is 2.97. The minimum Gasteiger partial charge on any atom is -0.464 e. The number of carbonyl (C=O) groups is 1. The third-order valence-corrected chi connectivity index (χ3v) is 2.32. The van der Waals surface area contributed by atoms with Gasteiger partial charge in [0.15, 0.2) is 0 Å². The van der Waals surface area contributed by atoms with Crippen LogP contribution in [0.2, 0.25) is 0 Å². The fourth-order valence-electron chi connectivity index (χ4n) is 1.28. The summed E-state index contributed by atoms with van der Waals surface area (Å²) >= 11 is 4.91. The van der Waals surface area contributed by atoms with Crippen LogP contribution in [-0.4, -0.2) is 28.6 Å². The first-order valence-corrected chi connectivity index (χ1v) is 5.64. The molecular weight excluding hydrogens is 238 g/mol. The van der Waals surface area contributed by atoms with Gasteiger partial charge in [-0.05, 0) is 19.9 Å². The highest BCUT2D eigenvalue weighted by atomic mass is 32.1. The van der Waals surface area contributed by atoms with E-state index in [9.17, 15) is 4.79 Å². The van der Waals surface area contributed by atoms with Gasteiger partial charge in [0.1, 0.15) is 11.0 Å². The monoisotopic (exact) mass is 253 g/mol. The lowest BCUT2D eigenvalue weighted by Gasteiger charge is -2.15. The van der Waals surface area contributed by atoms with Crippen molar-refractivity contribution in [2.45, 2.75) is 19.9 Å². The average molecular weight is 253 g/mol. The number of pyridine rings is 1. The van der Waals surface area contributed by atoms with E-state index >= 15 is 0 Å². The predicted molar refractivity (Wildman–Crippen MR) is 69.8 cm³/mol. The minimum absolute atomic E-state index is 0.256. The van der Waals surface area contributed by atoms with E-state index in [4.69, 9.17) is 22.7 Å². The van der Waals surface area contributed by atoms with E-state index in [1.165, 1.54) is 0 Å². The molecule has 1 heterocycles. The molecule has 0 aromatic carbocycles. The molecule has 0 saturated carbocycles. The zero-order valence-electron chi connectivity index (χ0n) is 9.77. The Hall–Kier alpha value is -1.69. The van der Waals surface area contributed by atoms with Gasteiger partial charge in [0.2, 0.25) is 0 Å². The first-order chi connectivity index (χ1) is 8.06. The highest BCUT2D eigenvalue weighted by Crippen LogP contribution is 2.14. The summed E-state index contributed by atoms with van der Waals surface area (Å²) in [7, 11) is 0. The lowest BCUT2D eigenvalue weighted by atomic mass is 10.2. The van der Waals surface area contributed by atoms with Gasteiger partial charge in [-0.2, -0.15) is 0 Å². The second kappa shape index (κ2) is 6.15. The van der Waals surface area contributed by atoms with E-state index in [0.29, 0.717) is 17.9 Å². The predicted octanol–water partition coefficient (Wildman–Crippen LogP) is 1.08. The molecule has 92 valence electrons. The number of aromatic nitrogens is 1. The number of thiocarbonyl (C=S) groups is 1. The molecule has 0 fully saturated rings. The maximum atomic E-state index is 11.5. The second-order valence-electron chi connectivity index (χ2n) is 3.40. The van der Waals surface area contributed by atoms with E-state index < -0.39 is 6.04 Å². The van der Waals surface area contributed by atoms with E-state index in [1.54, 1.807) is 32.3 Å². The first kappa shape index (κ1) is 13.4. The number of nitrogens with one attached hydrogen (secondary N) is 1. The maximum Gasteiger partial charge on any atom is 0.328 e. The zero-order chi connectivity index (χ0) is 12.8. The Labute approximate surface area is 105 Å². The number of anilines is 1. The Bertz CT molecular complexity index is 423. The van der Waals surface area contributed by atoms with Gasteiger partial charge in [-0.15, -0.1) is 0 Å². The Balaban J connectivity index is 2.81. The van der Waals surface area contributed by atoms with Gasteiger partial charge < -0.3 is 15.8 Å². The lowest BCUT2D eigenvalue weighted by molar-refractivity contribution is -0.143. The molecule has 1 aromatic rings. The Morgan fingerprint density at radius 1 is 1.71 bits per heavy atom. The van der Waals surface area contributed by atoms with Gasteiger partial charge in [0.05, 0.1) is 18.5 Å². The van der Waals surface area contributed by atoms with Crippen molar-refractivity contribution in [1.29, 1.82) is 0 Å². The number of rotatable bonds is 5. The van der Waals surface area contributed by atoms with Crippen molar-refractivity contribution < 1.29 is 9.53 Å². The summed E-state index contributed by atoms with van der Waals surface area (Å²) in [5.41, 5.74) is 6.86. The van der Waals surface area contributed by atoms with E-state index in [1.807, 2.05) is 0 Å². The smallest absolute Gasteiger partial charge is 0.328 e. The summed E-state index contributed by atoms with van der Waals surface area (Å²) in [6.07, 6.45) is 3.17. The van der Waals surface area contributed by atoms with Crippen molar-refractivity contribution in [2.75, 3.05) is 11.9 Å². The SMILES string of the molecule is CCOC(=O)C(C)Nc1cnccc1C(N)=S. The number of nitrogens with zero attached hydrogens (tertiary/aromatic N) is 1. The van der Waals surface area contributed by atoms with Crippen molar-refractivity contribution in [3.05, 3.63) is 24.0 Å². The Morgan fingerprint density at radius 3 is 3.00 bits per heavy atom.